The fourth-order valence-electron chi connectivity index (χ4n) is 1.80. The summed E-state index contributed by atoms with van der Waals surface area (Å²) < 4.78 is 26.2. The molecule has 0 fully saturated rings. The first-order valence-electron chi connectivity index (χ1n) is 5.93. The minimum atomic E-state index is -2.42. The van der Waals surface area contributed by atoms with Crippen molar-refractivity contribution in [1.82, 2.24) is 0 Å². The number of alkyl halides is 2. The quantitative estimate of drug-likeness (QED) is 0.803. The fourth-order valence-corrected chi connectivity index (χ4v) is 2.43. The van der Waals surface area contributed by atoms with Crippen LogP contribution in [0.1, 0.15) is 23.1 Å². The Balaban J connectivity index is 2.08. The molecule has 2 aromatic rings. The van der Waals surface area contributed by atoms with Gasteiger partial charge in [-0.1, -0.05) is 24.3 Å². The molecule has 4 heteroatoms. The Morgan fingerprint density at radius 2 is 1.95 bits per heavy atom. The van der Waals surface area contributed by atoms with Gasteiger partial charge in [-0.3, -0.25) is 0 Å². The van der Waals surface area contributed by atoms with Crippen molar-refractivity contribution in [3.05, 3.63) is 63.6 Å². The van der Waals surface area contributed by atoms with Crippen LogP contribution < -0.4 is 5.32 Å². The van der Waals surface area contributed by atoms with Gasteiger partial charge in [0.15, 0.2) is 0 Å². The Labute approximate surface area is 119 Å². The molecular weight excluding hydrogens is 312 g/mol. The lowest BCUT2D eigenvalue weighted by molar-refractivity contribution is 0.151. The molecule has 1 nitrogen and oxygen atoms in total. The zero-order valence-corrected chi connectivity index (χ0v) is 12.0. The zero-order valence-electron chi connectivity index (χ0n) is 10.5. The largest absolute Gasteiger partial charge is 0.380 e. The van der Waals surface area contributed by atoms with Crippen LogP contribution in [0.4, 0.5) is 14.5 Å². The van der Waals surface area contributed by atoms with Crippen molar-refractivity contribution >= 4 is 21.6 Å². The maximum absolute atomic E-state index is 12.6. The number of anilines is 1. The van der Waals surface area contributed by atoms with Gasteiger partial charge in [0.25, 0.3) is 6.43 Å². The van der Waals surface area contributed by atoms with Gasteiger partial charge in [-0.15, -0.1) is 0 Å². The van der Waals surface area contributed by atoms with E-state index in [1.54, 1.807) is 6.07 Å². The molecule has 0 atom stereocenters. The van der Waals surface area contributed by atoms with Crippen LogP contribution >= 0.6 is 15.9 Å². The Morgan fingerprint density at radius 3 is 2.63 bits per heavy atom. The highest BCUT2D eigenvalue weighted by atomic mass is 79.9. The predicted octanol–water partition coefficient (Wildman–Crippen LogP) is 5.31. The molecule has 100 valence electrons. The Kier molecular flexibility index (Phi) is 4.53. The average molecular weight is 326 g/mol. The number of aryl methyl sites for hydroxylation is 1. The van der Waals surface area contributed by atoms with E-state index in [0.29, 0.717) is 6.54 Å². The van der Waals surface area contributed by atoms with Crippen LogP contribution in [0.5, 0.6) is 0 Å². The minimum absolute atomic E-state index is 0.0577. The van der Waals surface area contributed by atoms with Crippen molar-refractivity contribution in [1.29, 1.82) is 0 Å². The zero-order chi connectivity index (χ0) is 13.8. The predicted molar refractivity (Wildman–Crippen MR) is 77.6 cm³/mol. The molecule has 0 aromatic heterocycles. The highest BCUT2D eigenvalue weighted by Crippen LogP contribution is 2.24. The van der Waals surface area contributed by atoms with E-state index in [-0.39, 0.29) is 5.56 Å². The maximum atomic E-state index is 12.6. The van der Waals surface area contributed by atoms with E-state index in [0.717, 1.165) is 21.3 Å². The van der Waals surface area contributed by atoms with Crippen LogP contribution in [0.15, 0.2) is 46.9 Å². The van der Waals surface area contributed by atoms with Gasteiger partial charge in [0.1, 0.15) is 0 Å². The lowest BCUT2D eigenvalue weighted by Crippen LogP contribution is -2.01. The highest BCUT2D eigenvalue weighted by molar-refractivity contribution is 9.10. The minimum Gasteiger partial charge on any atom is -0.380 e. The number of rotatable bonds is 4. The summed E-state index contributed by atoms with van der Waals surface area (Å²) in [5.74, 6) is 0. The van der Waals surface area contributed by atoms with E-state index in [9.17, 15) is 8.78 Å². The molecule has 0 aliphatic carbocycles. The van der Waals surface area contributed by atoms with E-state index >= 15 is 0 Å². The van der Waals surface area contributed by atoms with Crippen molar-refractivity contribution in [2.75, 3.05) is 5.32 Å². The highest BCUT2D eigenvalue weighted by Gasteiger charge is 2.07. The lowest BCUT2D eigenvalue weighted by atomic mass is 10.1. The van der Waals surface area contributed by atoms with Gasteiger partial charge in [0.2, 0.25) is 0 Å². The van der Waals surface area contributed by atoms with Gasteiger partial charge in [0.05, 0.1) is 0 Å². The number of hydrogen-bond donors (Lipinski definition) is 1. The first-order chi connectivity index (χ1) is 9.06. The van der Waals surface area contributed by atoms with Gasteiger partial charge in [-0.05, 0) is 52.2 Å². The van der Waals surface area contributed by atoms with Crippen molar-refractivity contribution < 1.29 is 8.78 Å². The van der Waals surface area contributed by atoms with E-state index in [4.69, 9.17) is 0 Å². The van der Waals surface area contributed by atoms with E-state index < -0.39 is 6.43 Å². The maximum Gasteiger partial charge on any atom is 0.263 e. The molecule has 0 saturated carbocycles. The molecular formula is C15H14BrF2N. The van der Waals surface area contributed by atoms with Crippen LogP contribution in [-0.2, 0) is 6.54 Å². The van der Waals surface area contributed by atoms with Crippen molar-refractivity contribution in [2.45, 2.75) is 19.9 Å². The first-order valence-corrected chi connectivity index (χ1v) is 6.72. The van der Waals surface area contributed by atoms with E-state index in [1.165, 1.54) is 12.1 Å². The van der Waals surface area contributed by atoms with Gasteiger partial charge in [-0.2, -0.15) is 0 Å². The van der Waals surface area contributed by atoms with Crippen molar-refractivity contribution in [3.8, 4) is 0 Å². The van der Waals surface area contributed by atoms with Crippen molar-refractivity contribution in [3.63, 3.8) is 0 Å². The molecule has 0 aliphatic heterocycles. The normalized spacial score (nSPS) is 10.8. The molecule has 0 radical (unpaired) electrons. The first kappa shape index (κ1) is 14.0. The average Bonchev–Trinajstić information content (AvgIpc) is 2.38. The van der Waals surface area contributed by atoms with Gasteiger partial charge >= 0.3 is 0 Å². The van der Waals surface area contributed by atoms with Crippen LogP contribution in [0, 0.1) is 6.92 Å². The molecule has 2 rings (SSSR count). The molecule has 2 aromatic carbocycles. The summed E-state index contributed by atoms with van der Waals surface area (Å²) in [7, 11) is 0. The number of benzene rings is 2. The van der Waals surface area contributed by atoms with Gasteiger partial charge in [-0.25, -0.2) is 8.78 Å². The molecule has 0 spiro atoms. The summed E-state index contributed by atoms with van der Waals surface area (Å²) in [5.41, 5.74) is 3.01. The third-order valence-corrected chi connectivity index (χ3v) is 3.47. The monoisotopic (exact) mass is 325 g/mol. The molecule has 19 heavy (non-hydrogen) atoms. The summed E-state index contributed by atoms with van der Waals surface area (Å²) in [6.45, 7) is 2.53. The molecule has 0 bridgehead atoms. The van der Waals surface area contributed by atoms with Crippen LogP contribution in [0.25, 0.3) is 0 Å². The second-order valence-electron chi connectivity index (χ2n) is 4.38. The number of halogens is 3. The Bertz CT molecular complexity index is 570. The Hall–Kier alpha value is -1.42. The Morgan fingerprint density at radius 1 is 1.16 bits per heavy atom. The molecule has 0 heterocycles. The molecule has 1 N–H and O–H groups in total. The van der Waals surface area contributed by atoms with Crippen LogP contribution in [0.3, 0.4) is 0 Å². The molecule has 0 amide bonds. The number of nitrogens with one attached hydrogen (secondary N) is 1. The summed E-state index contributed by atoms with van der Waals surface area (Å²) in [6, 6.07) is 12.4. The lowest BCUT2D eigenvalue weighted by Gasteiger charge is -2.10. The van der Waals surface area contributed by atoms with Gasteiger partial charge in [0, 0.05) is 22.3 Å². The summed E-state index contributed by atoms with van der Waals surface area (Å²) in [6.07, 6.45) is -2.42. The molecule has 0 aliphatic rings. The van der Waals surface area contributed by atoms with Crippen LogP contribution in [0.2, 0.25) is 0 Å². The standard InChI is InChI=1S/C15H14BrF2N/c1-10-5-6-14(13(16)7-10)19-9-11-3-2-4-12(8-11)15(17)18/h2-8,15,19H,9H2,1H3. The smallest absolute Gasteiger partial charge is 0.263 e. The fraction of sp³-hybridized carbons (Fsp3) is 0.200. The third-order valence-electron chi connectivity index (χ3n) is 2.81. The summed E-state index contributed by atoms with van der Waals surface area (Å²) in [4.78, 5) is 0. The summed E-state index contributed by atoms with van der Waals surface area (Å²) in [5, 5.41) is 3.23. The van der Waals surface area contributed by atoms with Crippen LogP contribution in [-0.4, -0.2) is 0 Å². The summed E-state index contributed by atoms with van der Waals surface area (Å²) >= 11 is 3.48. The number of hydrogen-bond acceptors (Lipinski definition) is 1. The van der Waals surface area contributed by atoms with E-state index in [2.05, 4.69) is 21.2 Å². The van der Waals surface area contributed by atoms with E-state index in [1.807, 2.05) is 31.2 Å². The second kappa shape index (κ2) is 6.15. The molecule has 0 saturated heterocycles. The van der Waals surface area contributed by atoms with Crippen molar-refractivity contribution in [2.24, 2.45) is 0 Å². The topological polar surface area (TPSA) is 12.0 Å². The third kappa shape index (κ3) is 3.77. The van der Waals surface area contributed by atoms with Gasteiger partial charge < -0.3 is 5.32 Å². The SMILES string of the molecule is Cc1ccc(NCc2cccc(C(F)F)c2)c(Br)c1. The second-order valence-corrected chi connectivity index (χ2v) is 5.24. The molecule has 0 unspecified atom stereocenters.